The summed E-state index contributed by atoms with van der Waals surface area (Å²) in [6, 6.07) is 5.84. The molecule has 100 valence electrons. The Morgan fingerprint density at radius 1 is 1.28 bits per heavy atom. The van der Waals surface area contributed by atoms with E-state index in [1.165, 1.54) is 24.3 Å². The van der Waals surface area contributed by atoms with Gasteiger partial charge in [-0.2, -0.15) is 0 Å². The molecule has 1 amide bonds. The Hall–Kier alpha value is -0.810. The summed E-state index contributed by atoms with van der Waals surface area (Å²) in [5.41, 5.74) is 5.47. The summed E-state index contributed by atoms with van der Waals surface area (Å²) in [4.78, 5) is 10.5. The van der Waals surface area contributed by atoms with Gasteiger partial charge in [-0.25, -0.2) is 0 Å². The van der Waals surface area contributed by atoms with Crippen LogP contribution in [0.15, 0.2) is 40.6 Å². The second-order valence-electron chi connectivity index (χ2n) is 3.22. The maximum absolute atomic E-state index is 11.7. The molecule has 5 nitrogen and oxygen atoms in total. The third kappa shape index (κ3) is 4.82. The third-order valence-corrected chi connectivity index (χ3v) is 4.50. The van der Waals surface area contributed by atoms with Crippen molar-refractivity contribution in [1.29, 1.82) is 0 Å². The first-order valence-corrected chi connectivity index (χ1v) is 10.3. The van der Waals surface area contributed by atoms with Crippen molar-refractivity contribution in [3.05, 3.63) is 35.7 Å². The molecule has 1 rings (SSSR count). The fourth-order valence-electron chi connectivity index (χ4n) is 1.10. The van der Waals surface area contributed by atoms with E-state index in [0.29, 0.717) is 5.69 Å². The van der Waals surface area contributed by atoms with Gasteiger partial charge in [-0.15, -0.1) is 0 Å². The van der Waals surface area contributed by atoms with E-state index in [9.17, 15) is 13.2 Å². The van der Waals surface area contributed by atoms with E-state index < -0.39 is 22.5 Å². The molecule has 0 atom stereocenters. The molecule has 0 bridgehead atoms. The summed E-state index contributed by atoms with van der Waals surface area (Å²) >= 11 is 11.3. The number of rotatable bonds is 5. The monoisotopic (exact) mass is 328 g/mol. The van der Waals surface area contributed by atoms with Gasteiger partial charge in [-0.05, 0) is 0 Å². The molecule has 0 aromatic heterocycles. The van der Waals surface area contributed by atoms with Crippen LogP contribution >= 0.6 is 29.3 Å². The number of nitrogens with one attached hydrogen (secondary N) is 1. The van der Waals surface area contributed by atoms with Crippen molar-refractivity contribution in [2.45, 2.75) is 4.90 Å². The standard InChI is InChI=1S/C9H11Cl2N2O3PS/c10-17(11)13-7-1-3-8(4-2-7)18(15,16)6-5-9(12)14/h1-6,13H,17H2,(H2,12,14). The molecule has 0 fully saturated rings. The van der Waals surface area contributed by atoms with Crippen LogP contribution in [-0.4, -0.2) is 14.3 Å². The average Bonchev–Trinajstić information content (AvgIpc) is 2.26. The van der Waals surface area contributed by atoms with Gasteiger partial charge in [0.25, 0.3) is 0 Å². The van der Waals surface area contributed by atoms with Crippen LogP contribution in [0.3, 0.4) is 0 Å². The summed E-state index contributed by atoms with van der Waals surface area (Å²) in [5, 5.41) is 3.58. The Morgan fingerprint density at radius 3 is 2.28 bits per heavy atom. The summed E-state index contributed by atoms with van der Waals surface area (Å²) in [6.45, 7) is -2.01. The summed E-state index contributed by atoms with van der Waals surface area (Å²) in [7, 11) is -3.66. The number of carbonyl (C=O) groups excluding carboxylic acids is 1. The molecule has 3 N–H and O–H groups in total. The van der Waals surface area contributed by atoms with E-state index in [1.807, 2.05) is 0 Å². The molecule has 0 radical (unpaired) electrons. The van der Waals surface area contributed by atoms with Gasteiger partial charge >= 0.3 is 115 Å². The zero-order valence-corrected chi connectivity index (χ0v) is 12.5. The van der Waals surface area contributed by atoms with Crippen molar-refractivity contribution in [2.24, 2.45) is 5.73 Å². The predicted molar refractivity (Wildman–Crippen MR) is 77.0 cm³/mol. The molecule has 0 aliphatic carbocycles. The SMILES string of the molecule is NC(=O)C=CS(=O)(=O)c1ccc(N[PH2](Cl)Cl)cc1. The number of nitrogens with two attached hydrogens (primary N) is 1. The average molecular weight is 329 g/mol. The molecular formula is C9H11Cl2N2O3PS. The van der Waals surface area contributed by atoms with Crippen LogP contribution in [-0.2, 0) is 14.6 Å². The zero-order valence-electron chi connectivity index (χ0n) is 9.01. The second-order valence-corrected chi connectivity index (χ2v) is 9.23. The molecular weight excluding hydrogens is 318 g/mol. The second kappa shape index (κ2) is 6.38. The molecule has 0 saturated heterocycles. The van der Waals surface area contributed by atoms with Gasteiger partial charge in [0.05, 0.1) is 0 Å². The van der Waals surface area contributed by atoms with Gasteiger partial charge < -0.3 is 0 Å². The fraction of sp³-hybridized carbons (Fsp3) is 0. The van der Waals surface area contributed by atoms with Crippen LogP contribution in [0.5, 0.6) is 0 Å². The van der Waals surface area contributed by atoms with Gasteiger partial charge in [-0.3, -0.25) is 0 Å². The Morgan fingerprint density at radius 2 is 1.83 bits per heavy atom. The van der Waals surface area contributed by atoms with E-state index in [2.05, 4.69) is 5.09 Å². The fourth-order valence-corrected chi connectivity index (χ4v) is 3.29. The van der Waals surface area contributed by atoms with Crippen molar-refractivity contribution < 1.29 is 13.2 Å². The number of hydrogen-bond acceptors (Lipinski definition) is 4. The molecule has 0 heterocycles. The van der Waals surface area contributed by atoms with Gasteiger partial charge in [0.15, 0.2) is 0 Å². The molecule has 1 aromatic rings. The predicted octanol–water partition coefficient (Wildman–Crippen LogP) is 2.04. The zero-order chi connectivity index (χ0) is 13.8. The molecule has 0 spiro atoms. The minimum atomic E-state index is -3.66. The number of sulfone groups is 1. The van der Waals surface area contributed by atoms with E-state index in [-0.39, 0.29) is 4.90 Å². The topological polar surface area (TPSA) is 89.3 Å². The number of benzene rings is 1. The van der Waals surface area contributed by atoms with Crippen LogP contribution in [0.25, 0.3) is 0 Å². The Bertz CT molecular complexity index is 558. The Balaban J connectivity index is 2.94. The van der Waals surface area contributed by atoms with E-state index >= 15 is 0 Å². The van der Waals surface area contributed by atoms with Crippen molar-refractivity contribution in [3.8, 4) is 0 Å². The number of hydrogen-bond donors (Lipinski definition) is 2. The normalized spacial score (nSPS) is 12.4. The van der Waals surface area contributed by atoms with Crippen molar-refractivity contribution in [1.82, 2.24) is 0 Å². The first-order valence-electron chi connectivity index (χ1n) is 4.68. The van der Waals surface area contributed by atoms with E-state index in [4.69, 9.17) is 28.2 Å². The van der Waals surface area contributed by atoms with Crippen LogP contribution in [0.4, 0.5) is 5.69 Å². The molecule has 0 aliphatic rings. The van der Waals surface area contributed by atoms with Gasteiger partial charge in [-0.1, -0.05) is 0 Å². The quantitative estimate of drug-likeness (QED) is 0.639. The third-order valence-electron chi connectivity index (χ3n) is 1.87. The van der Waals surface area contributed by atoms with Crippen molar-refractivity contribution >= 4 is 50.7 Å². The molecule has 0 saturated carbocycles. The number of halogens is 2. The van der Waals surface area contributed by atoms with Crippen molar-refractivity contribution in [3.63, 3.8) is 0 Å². The molecule has 18 heavy (non-hydrogen) atoms. The summed E-state index contributed by atoms with van der Waals surface area (Å²) in [5.74, 6) is -0.824. The van der Waals surface area contributed by atoms with Crippen LogP contribution in [0, 0.1) is 0 Å². The van der Waals surface area contributed by atoms with E-state index in [1.54, 1.807) is 0 Å². The first kappa shape index (κ1) is 15.2. The molecule has 0 aliphatic heterocycles. The number of carbonyl (C=O) groups is 1. The minimum absolute atomic E-state index is 0.0490. The van der Waals surface area contributed by atoms with Crippen LogP contribution in [0.1, 0.15) is 0 Å². The molecule has 0 unspecified atom stereocenters. The van der Waals surface area contributed by atoms with Crippen molar-refractivity contribution in [2.75, 3.05) is 5.09 Å². The van der Waals surface area contributed by atoms with Crippen LogP contribution in [0.2, 0.25) is 0 Å². The Labute approximate surface area is 115 Å². The van der Waals surface area contributed by atoms with E-state index in [0.717, 1.165) is 11.5 Å². The molecule has 9 heteroatoms. The summed E-state index contributed by atoms with van der Waals surface area (Å²) < 4.78 is 23.4. The number of anilines is 1. The first-order chi connectivity index (χ1) is 8.31. The molecule has 1 aromatic carbocycles. The number of amides is 1. The number of primary amides is 1. The van der Waals surface area contributed by atoms with Gasteiger partial charge in [0.1, 0.15) is 0 Å². The Kier molecular flexibility index (Phi) is 5.41. The van der Waals surface area contributed by atoms with Crippen LogP contribution < -0.4 is 10.8 Å². The van der Waals surface area contributed by atoms with Gasteiger partial charge in [0.2, 0.25) is 0 Å². The summed E-state index contributed by atoms with van der Waals surface area (Å²) in [6.07, 6.45) is 0.794. The van der Waals surface area contributed by atoms with Gasteiger partial charge in [0, 0.05) is 0 Å². The maximum atomic E-state index is 11.7.